The van der Waals surface area contributed by atoms with Gasteiger partial charge in [-0.3, -0.25) is 9.59 Å². The van der Waals surface area contributed by atoms with Crippen molar-refractivity contribution in [3.8, 4) is 11.1 Å². The van der Waals surface area contributed by atoms with Crippen molar-refractivity contribution in [1.82, 2.24) is 5.32 Å². The summed E-state index contributed by atoms with van der Waals surface area (Å²) in [6, 6.07) is 19.8. The number of hydrogen-bond donors (Lipinski definition) is 3. The molecule has 0 heterocycles. The number of amides is 2. The van der Waals surface area contributed by atoms with Gasteiger partial charge in [0.05, 0.1) is 6.42 Å². The first-order valence-electron chi connectivity index (χ1n) is 10.4. The highest BCUT2D eigenvalue weighted by atomic mass is 127. The van der Waals surface area contributed by atoms with E-state index in [1.165, 1.54) is 0 Å². The standard InChI is InChI=1S/C25H20BrIN2O5/c26-20-11-14(9-10-21(20)27)28-24(32)22(12-23(30)31)29-25(33)34-13-19-17-7-3-1-5-15(17)16-6-2-4-8-18(16)19/h1-11,19,22H,12-13H2,(H,28,32)(H,29,33)(H,30,31). The Morgan fingerprint density at radius 3 is 2.21 bits per heavy atom. The number of fused-ring (bicyclic) bond motifs is 3. The topological polar surface area (TPSA) is 105 Å². The summed E-state index contributed by atoms with van der Waals surface area (Å²) < 4.78 is 7.19. The third-order valence-corrected chi connectivity index (χ3v) is 7.86. The molecule has 0 fully saturated rings. The van der Waals surface area contributed by atoms with Gasteiger partial charge in [0.25, 0.3) is 0 Å². The van der Waals surface area contributed by atoms with Crippen LogP contribution >= 0.6 is 38.5 Å². The lowest BCUT2D eigenvalue weighted by molar-refractivity contribution is -0.139. The molecule has 7 nitrogen and oxygen atoms in total. The van der Waals surface area contributed by atoms with Gasteiger partial charge in [-0.15, -0.1) is 0 Å². The average Bonchev–Trinajstić information content (AvgIpc) is 3.13. The van der Waals surface area contributed by atoms with Crippen molar-refractivity contribution in [1.29, 1.82) is 0 Å². The lowest BCUT2D eigenvalue weighted by atomic mass is 9.98. The molecule has 0 spiro atoms. The van der Waals surface area contributed by atoms with Crippen molar-refractivity contribution in [3.63, 3.8) is 0 Å². The molecule has 0 saturated carbocycles. The number of ether oxygens (including phenoxy) is 1. The maximum atomic E-state index is 12.7. The number of rotatable bonds is 7. The molecular weight excluding hydrogens is 615 g/mol. The molecule has 1 unspecified atom stereocenters. The van der Waals surface area contributed by atoms with E-state index in [1.807, 2.05) is 48.5 Å². The van der Waals surface area contributed by atoms with E-state index in [9.17, 15) is 19.5 Å². The highest BCUT2D eigenvalue weighted by Gasteiger charge is 2.30. The van der Waals surface area contributed by atoms with Gasteiger partial charge in [0.1, 0.15) is 12.6 Å². The fourth-order valence-corrected chi connectivity index (χ4v) is 4.68. The van der Waals surface area contributed by atoms with Crippen LogP contribution in [0.5, 0.6) is 0 Å². The zero-order chi connectivity index (χ0) is 24.2. The monoisotopic (exact) mass is 634 g/mol. The molecule has 0 aliphatic heterocycles. The molecule has 0 saturated heterocycles. The maximum absolute atomic E-state index is 12.7. The quantitative estimate of drug-likeness (QED) is 0.303. The van der Waals surface area contributed by atoms with Crippen molar-refractivity contribution in [2.75, 3.05) is 11.9 Å². The number of benzene rings is 3. The predicted octanol–water partition coefficient (Wildman–Crippen LogP) is 5.37. The van der Waals surface area contributed by atoms with Gasteiger partial charge in [-0.2, -0.15) is 0 Å². The molecule has 0 radical (unpaired) electrons. The van der Waals surface area contributed by atoms with Gasteiger partial charge in [-0.1, -0.05) is 48.5 Å². The van der Waals surface area contributed by atoms with Crippen LogP contribution in [0.25, 0.3) is 11.1 Å². The molecule has 3 N–H and O–H groups in total. The minimum atomic E-state index is -1.30. The second kappa shape index (κ2) is 10.6. The van der Waals surface area contributed by atoms with E-state index in [4.69, 9.17) is 4.74 Å². The van der Waals surface area contributed by atoms with E-state index in [0.29, 0.717) is 5.69 Å². The van der Waals surface area contributed by atoms with Crippen LogP contribution in [0, 0.1) is 3.57 Å². The zero-order valence-electron chi connectivity index (χ0n) is 17.8. The van der Waals surface area contributed by atoms with Crippen LogP contribution in [0.15, 0.2) is 71.2 Å². The minimum absolute atomic E-state index is 0.0609. The average molecular weight is 635 g/mol. The summed E-state index contributed by atoms with van der Waals surface area (Å²) in [7, 11) is 0. The largest absolute Gasteiger partial charge is 0.481 e. The number of carbonyl (C=O) groups is 3. The molecule has 2 amide bonds. The number of nitrogens with one attached hydrogen (secondary N) is 2. The Balaban J connectivity index is 1.43. The third kappa shape index (κ3) is 5.41. The molecule has 174 valence electrons. The highest BCUT2D eigenvalue weighted by molar-refractivity contribution is 14.1. The fourth-order valence-electron chi connectivity index (χ4n) is 3.97. The fraction of sp³-hybridized carbons (Fsp3) is 0.160. The van der Waals surface area contributed by atoms with E-state index >= 15 is 0 Å². The first-order chi connectivity index (χ1) is 16.3. The van der Waals surface area contributed by atoms with Gasteiger partial charge in [0.2, 0.25) is 5.91 Å². The van der Waals surface area contributed by atoms with Gasteiger partial charge in [-0.05, 0) is 79.0 Å². The molecule has 1 aliphatic rings. The Morgan fingerprint density at radius 2 is 1.62 bits per heavy atom. The summed E-state index contributed by atoms with van der Waals surface area (Å²) in [6.45, 7) is 0.0609. The van der Waals surface area contributed by atoms with Crippen molar-refractivity contribution >= 4 is 62.2 Å². The summed E-state index contributed by atoms with van der Waals surface area (Å²) >= 11 is 5.52. The van der Waals surface area contributed by atoms with E-state index in [-0.39, 0.29) is 12.5 Å². The number of carboxylic acids is 1. The summed E-state index contributed by atoms with van der Waals surface area (Å²) in [5.74, 6) is -2.01. The van der Waals surface area contributed by atoms with Crippen LogP contribution in [-0.4, -0.2) is 35.7 Å². The summed E-state index contributed by atoms with van der Waals surface area (Å²) in [5.41, 5.74) is 4.78. The summed E-state index contributed by atoms with van der Waals surface area (Å²) in [5, 5.41) is 14.3. The van der Waals surface area contributed by atoms with Crippen LogP contribution in [0.3, 0.4) is 0 Å². The van der Waals surface area contributed by atoms with Gasteiger partial charge in [0.15, 0.2) is 0 Å². The number of carbonyl (C=O) groups excluding carboxylic acids is 2. The molecular formula is C25H20BrIN2O5. The zero-order valence-corrected chi connectivity index (χ0v) is 21.5. The number of halogens is 2. The number of alkyl carbamates (subject to hydrolysis) is 1. The smallest absolute Gasteiger partial charge is 0.407 e. The minimum Gasteiger partial charge on any atom is -0.481 e. The Kier molecular flexibility index (Phi) is 7.52. The van der Waals surface area contributed by atoms with Gasteiger partial charge in [0, 0.05) is 19.6 Å². The summed E-state index contributed by atoms with van der Waals surface area (Å²) in [4.78, 5) is 36.6. The number of anilines is 1. The normalized spacial score (nSPS) is 12.9. The second-order valence-corrected chi connectivity index (χ2v) is 9.76. The van der Waals surface area contributed by atoms with E-state index < -0.39 is 30.4 Å². The Labute approximate surface area is 218 Å². The molecule has 1 atom stereocenters. The number of aliphatic carboxylic acids is 1. The lowest BCUT2D eigenvalue weighted by Gasteiger charge is -2.19. The van der Waals surface area contributed by atoms with Gasteiger partial charge >= 0.3 is 12.1 Å². The van der Waals surface area contributed by atoms with Crippen LogP contribution in [-0.2, 0) is 14.3 Å². The summed E-state index contributed by atoms with van der Waals surface area (Å²) in [6.07, 6.45) is -1.44. The van der Waals surface area contributed by atoms with Gasteiger partial charge < -0.3 is 20.5 Å². The molecule has 4 rings (SSSR count). The van der Waals surface area contributed by atoms with Crippen LogP contribution < -0.4 is 10.6 Å². The van der Waals surface area contributed by atoms with Crippen molar-refractivity contribution in [2.24, 2.45) is 0 Å². The van der Waals surface area contributed by atoms with Crippen molar-refractivity contribution < 1.29 is 24.2 Å². The lowest BCUT2D eigenvalue weighted by Crippen LogP contribution is -2.45. The second-order valence-electron chi connectivity index (χ2n) is 7.74. The maximum Gasteiger partial charge on any atom is 0.407 e. The Morgan fingerprint density at radius 1 is 1.00 bits per heavy atom. The first-order valence-corrected chi connectivity index (χ1v) is 12.3. The molecule has 3 aromatic carbocycles. The van der Waals surface area contributed by atoms with Gasteiger partial charge in [-0.25, -0.2) is 4.79 Å². The number of hydrogen-bond acceptors (Lipinski definition) is 4. The van der Waals surface area contributed by atoms with E-state index in [0.717, 1.165) is 30.3 Å². The Hall–Kier alpha value is -2.92. The molecule has 3 aromatic rings. The number of carboxylic acid groups (broad SMARTS) is 1. The van der Waals surface area contributed by atoms with Crippen LogP contribution in [0.2, 0.25) is 0 Å². The van der Waals surface area contributed by atoms with Crippen molar-refractivity contribution in [2.45, 2.75) is 18.4 Å². The van der Waals surface area contributed by atoms with E-state index in [2.05, 4.69) is 49.2 Å². The van der Waals surface area contributed by atoms with Crippen LogP contribution in [0.1, 0.15) is 23.5 Å². The molecule has 1 aliphatic carbocycles. The highest BCUT2D eigenvalue weighted by Crippen LogP contribution is 2.44. The molecule has 0 bridgehead atoms. The first kappa shape index (κ1) is 24.2. The van der Waals surface area contributed by atoms with Crippen LogP contribution in [0.4, 0.5) is 10.5 Å². The molecule has 0 aromatic heterocycles. The van der Waals surface area contributed by atoms with Crippen molar-refractivity contribution in [3.05, 3.63) is 85.9 Å². The third-order valence-electron chi connectivity index (χ3n) is 5.52. The van der Waals surface area contributed by atoms with E-state index in [1.54, 1.807) is 18.2 Å². The predicted molar refractivity (Wildman–Crippen MR) is 140 cm³/mol. The molecule has 34 heavy (non-hydrogen) atoms. The molecule has 9 heteroatoms. The SMILES string of the molecule is O=C(O)CC(NC(=O)OCC1c2ccccc2-c2ccccc21)C(=O)Nc1ccc(I)c(Br)c1. The Bertz CT molecular complexity index is 1220.